The van der Waals surface area contributed by atoms with E-state index in [1.54, 1.807) is 0 Å². The van der Waals surface area contributed by atoms with Crippen LogP contribution in [0.2, 0.25) is 0 Å². The average molecular weight is 287 g/mol. The molecule has 2 aliphatic rings. The van der Waals surface area contributed by atoms with E-state index in [0.29, 0.717) is 11.9 Å². The van der Waals surface area contributed by atoms with Crippen LogP contribution in [0.4, 0.5) is 11.9 Å². The first kappa shape index (κ1) is 12.1. The number of fused-ring (bicyclic) bond motifs is 1. The summed E-state index contributed by atoms with van der Waals surface area (Å²) < 4.78 is 0. The molecule has 1 fully saturated rings. The van der Waals surface area contributed by atoms with Crippen LogP contribution in [0.1, 0.15) is 41.4 Å². The summed E-state index contributed by atoms with van der Waals surface area (Å²) in [6, 6.07) is 2.21. The predicted molar refractivity (Wildman–Crippen MR) is 79.9 cm³/mol. The molecule has 1 aliphatic heterocycles. The molecule has 2 aromatic heterocycles. The second kappa shape index (κ2) is 4.70. The molecule has 0 saturated heterocycles. The van der Waals surface area contributed by atoms with Crippen molar-refractivity contribution in [3.63, 3.8) is 0 Å². The van der Waals surface area contributed by atoms with Crippen LogP contribution >= 0.6 is 11.3 Å². The van der Waals surface area contributed by atoms with E-state index >= 15 is 0 Å². The molecule has 6 heteroatoms. The van der Waals surface area contributed by atoms with Crippen molar-refractivity contribution >= 4 is 23.2 Å². The summed E-state index contributed by atoms with van der Waals surface area (Å²) in [5.41, 5.74) is 7.26. The Morgan fingerprint density at radius 3 is 3.00 bits per heavy atom. The fourth-order valence-electron chi connectivity index (χ4n) is 2.68. The molecule has 2 N–H and O–H groups in total. The van der Waals surface area contributed by atoms with Crippen molar-refractivity contribution < 1.29 is 0 Å². The minimum Gasteiger partial charge on any atom is -0.368 e. The van der Waals surface area contributed by atoms with Crippen molar-refractivity contribution in [3.8, 4) is 0 Å². The van der Waals surface area contributed by atoms with Gasteiger partial charge in [-0.1, -0.05) is 0 Å². The summed E-state index contributed by atoms with van der Waals surface area (Å²) in [4.78, 5) is 17.0. The van der Waals surface area contributed by atoms with Crippen molar-refractivity contribution in [1.82, 2.24) is 15.0 Å². The van der Waals surface area contributed by atoms with Crippen molar-refractivity contribution in [2.75, 3.05) is 17.2 Å². The maximum atomic E-state index is 5.86. The smallest absolute Gasteiger partial charge is 0.230 e. The van der Waals surface area contributed by atoms with E-state index in [9.17, 15) is 0 Å². The topological polar surface area (TPSA) is 67.9 Å². The van der Waals surface area contributed by atoms with Gasteiger partial charge >= 0.3 is 0 Å². The number of hydrogen-bond donors (Lipinski definition) is 1. The fourth-order valence-corrected chi connectivity index (χ4v) is 3.62. The SMILES string of the molecule is Nc1nc(C2CC2)nc(N2CCCc3sccc3C2)n1. The molecule has 4 rings (SSSR count). The molecular formula is C14H17N5S. The predicted octanol–water partition coefficient (Wildman–Crippen LogP) is 2.35. The van der Waals surface area contributed by atoms with Gasteiger partial charge in [0, 0.05) is 23.9 Å². The quantitative estimate of drug-likeness (QED) is 0.918. The van der Waals surface area contributed by atoms with Gasteiger partial charge in [0.25, 0.3) is 0 Å². The van der Waals surface area contributed by atoms with E-state index in [-0.39, 0.29) is 0 Å². The van der Waals surface area contributed by atoms with Gasteiger partial charge in [-0.2, -0.15) is 15.0 Å². The minimum atomic E-state index is 0.353. The lowest BCUT2D eigenvalue weighted by atomic mass is 10.2. The van der Waals surface area contributed by atoms with Gasteiger partial charge in [0.2, 0.25) is 11.9 Å². The van der Waals surface area contributed by atoms with E-state index in [1.807, 2.05) is 11.3 Å². The summed E-state index contributed by atoms with van der Waals surface area (Å²) in [6.45, 7) is 1.86. The highest BCUT2D eigenvalue weighted by atomic mass is 32.1. The second-order valence-corrected chi connectivity index (χ2v) is 6.52. The van der Waals surface area contributed by atoms with Gasteiger partial charge in [-0.3, -0.25) is 0 Å². The van der Waals surface area contributed by atoms with Crippen LogP contribution < -0.4 is 10.6 Å². The number of nitrogen functional groups attached to an aromatic ring is 1. The zero-order chi connectivity index (χ0) is 13.5. The van der Waals surface area contributed by atoms with E-state index < -0.39 is 0 Å². The second-order valence-electron chi connectivity index (χ2n) is 5.52. The molecule has 2 aromatic rings. The van der Waals surface area contributed by atoms with Crippen LogP contribution in [0.25, 0.3) is 0 Å². The molecule has 104 valence electrons. The zero-order valence-electron chi connectivity index (χ0n) is 11.2. The molecule has 0 amide bonds. The molecule has 1 saturated carbocycles. The van der Waals surface area contributed by atoms with Gasteiger partial charge in [-0.15, -0.1) is 11.3 Å². The van der Waals surface area contributed by atoms with Gasteiger partial charge < -0.3 is 10.6 Å². The highest BCUT2D eigenvalue weighted by Gasteiger charge is 2.28. The first-order chi connectivity index (χ1) is 9.79. The van der Waals surface area contributed by atoms with Gasteiger partial charge in [0.15, 0.2) is 0 Å². The van der Waals surface area contributed by atoms with Crippen LogP contribution in [0.5, 0.6) is 0 Å². The van der Waals surface area contributed by atoms with Crippen molar-refractivity contribution in [1.29, 1.82) is 0 Å². The molecule has 0 radical (unpaired) electrons. The van der Waals surface area contributed by atoms with Gasteiger partial charge in [-0.05, 0) is 42.7 Å². The lowest BCUT2D eigenvalue weighted by Crippen LogP contribution is -2.25. The van der Waals surface area contributed by atoms with Crippen LogP contribution in [0.3, 0.4) is 0 Å². The number of nitrogens with two attached hydrogens (primary N) is 1. The lowest BCUT2D eigenvalue weighted by Gasteiger charge is -2.20. The van der Waals surface area contributed by atoms with Crippen LogP contribution in [0.15, 0.2) is 11.4 Å². The standard InChI is InChI=1S/C14H17N5S/c15-13-16-12(9-3-4-9)17-14(18-13)19-6-1-2-11-10(8-19)5-7-20-11/h5,7,9H,1-4,6,8H2,(H2,15,16,17,18). The van der Waals surface area contributed by atoms with E-state index in [0.717, 1.165) is 37.7 Å². The summed E-state index contributed by atoms with van der Waals surface area (Å²) in [6.07, 6.45) is 4.65. The summed E-state index contributed by atoms with van der Waals surface area (Å²) in [5, 5.41) is 2.17. The normalized spacial score (nSPS) is 18.7. The molecule has 0 spiro atoms. The van der Waals surface area contributed by atoms with Crippen LogP contribution in [0, 0.1) is 0 Å². The Morgan fingerprint density at radius 1 is 1.25 bits per heavy atom. The van der Waals surface area contributed by atoms with Crippen molar-refractivity contribution in [2.24, 2.45) is 0 Å². The molecular weight excluding hydrogens is 270 g/mol. The zero-order valence-corrected chi connectivity index (χ0v) is 12.1. The van der Waals surface area contributed by atoms with Crippen LogP contribution in [-0.4, -0.2) is 21.5 Å². The van der Waals surface area contributed by atoms with E-state index in [1.165, 1.54) is 23.3 Å². The molecule has 0 atom stereocenters. The third kappa shape index (κ3) is 2.24. The molecule has 0 aromatic carbocycles. The van der Waals surface area contributed by atoms with Crippen molar-refractivity contribution in [2.45, 2.75) is 38.1 Å². The average Bonchev–Trinajstić information content (AvgIpc) is 3.23. The summed E-state index contributed by atoms with van der Waals surface area (Å²) in [7, 11) is 0. The first-order valence-electron chi connectivity index (χ1n) is 7.11. The molecule has 20 heavy (non-hydrogen) atoms. The summed E-state index contributed by atoms with van der Waals surface area (Å²) >= 11 is 1.85. The third-order valence-corrected chi connectivity index (χ3v) is 4.94. The number of thiophene rings is 1. The number of aromatic nitrogens is 3. The van der Waals surface area contributed by atoms with E-state index in [4.69, 9.17) is 5.73 Å². The first-order valence-corrected chi connectivity index (χ1v) is 7.99. The Kier molecular flexibility index (Phi) is 2.84. The summed E-state index contributed by atoms with van der Waals surface area (Å²) in [5.74, 6) is 2.48. The number of anilines is 2. The molecule has 1 aliphatic carbocycles. The van der Waals surface area contributed by atoms with Gasteiger partial charge in [0.05, 0.1) is 0 Å². The Labute approximate surface area is 121 Å². The molecule has 0 unspecified atom stereocenters. The maximum Gasteiger partial charge on any atom is 0.230 e. The Hall–Kier alpha value is -1.69. The minimum absolute atomic E-state index is 0.353. The monoisotopic (exact) mass is 287 g/mol. The van der Waals surface area contributed by atoms with Gasteiger partial charge in [-0.25, -0.2) is 0 Å². The molecule has 0 bridgehead atoms. The molecule has 3 heterocycles. The maximum absolute atomic E-state index is 5.86. The Balaban J connectivity index is 1.66. The van der Waals surface area contributed by atoms with Crippen LogP contribution in [-0.2, 0) is 13.0 Å². The Bertz CT molecular complexity index is 634. The number of aryl methyl sites for hydroxylation is 1. The van der Waals surface area contributed by atoms with E-state index in [2.05, 4.69) is 31.3 Å². The largest absolute Gasteiger partial charge is 0.368 e. The highest BCUT2D eigenvalue weighted by Crippen LogP contribution is 2.38. The fraction of sp³-hybridized carbons (Fsp3) is 0.500. The van der Waals surface area contributed by atoms with Crippen molar-refractivity contribution in [3.05, 3.63) is 27.7 Å². The number of rotatable bonds is 2. The number of hydrogen-bond acceptors (Lipinski definition) is 6. The van der Waals surface area contributed by atoms with Gasteiger partial charge in [0.1, 0.15) is 5.82 Å². The lowest BCUT2D eigenvalue weighted by molar-refractivity contribution is 0.728. The Morgan fingerprint density at radius 2 is 2.15 bits per heavy atom. The molecule has 5 nitrogen and oxygen atoms in total. The third-order valence-electron chi connectivity index (χ3n) is 3.91. The number of nitrogens with zero attached hydrogens (tertiary/aromatic N) is 4. The highest BCUT2D eigenvalue weighted by molar-refractivity contribution is 7.10.